The molecule has 0 fully saturated rings. The van der Waals surface area contributed by atoms with E-state index in [4.69, 9.17) is 4.74 Å². The molecule has 11 nitrogen and oxygen atoms in total. The predicted molar refractivity (Wildman–Crippen MR) is 125 cm³/mol. The number of carbonyl (C=O) groups excluding carboxylic acids is 1. The molecule has 3 aromatic rings. The van der Waals surface area contributed by atoms with Gasteiger partial charge < -0.3 is 30.5 Å². The molecule has 3 rings (SSSR count). The molecule has 0 bridgehead atoms. The van der Waals surface area contributed by atoms with Gasteiger partial charge in [-0.3, -0.25) is 0 Å². The van der Waals surface area contributed by atoms with E-state index in [2.05, 4.69) is 25.6 Å². The van der Waals surface area contributed by atoms with Crippen molar-refractivity contribution in [2.75, 3.05) is 24.7 Å². The lowest BCUT2D eigenvalue weighted by Gasteiger charge is -2.17. The maximum Gasteiger partial charge on any atom is 0.414 e. The molecule has 0 aliphatic heterocycles. The van der Waals surface area contributed by atoms with E-state index in [1.165, 1.54) is 4.90 Å². The smallest absolute Gasteiger partial charge is 0.414 e. The number of amides is 1. The van der Waals surface area contributed by atoms with E-state index in [1.807, 2.05) is 37.3 Å². The first kappa shape index (κ1) is 24.2. The summed E-state index contributed by atoms with van der Waals surface area (Å²) < 4.78 is 5.16. The van der Waals surface area contributed by atoms with Gasteiger partial charge in [0.25, 0.3) is 0 Å². The second kappa shape index (κ2) is 10.9. The van der Waals surface area contributed by atoms with Gasteiger partial charge in [-0.2, -0.15) is 15.0 Å². The summed E-state index contributed by atoms with van der Waals surface area (Å²) in [6.07, 6.45) is -0.425. The number of rotatable bonds is 9. The number of aromatic hydroxyl groups is 1. The van der Waals surface area contributed by atoms with Crippen LogP contribution in [-0.4, -0.2) is 62.3 Å². The van der Waals surface area contributed by atoms with Gasteiger partial charge in [-0.05, 0) is 30.2 Å². The van der Waals surface area contributed by atoms with Gasteiger partial charge in [0.1, 0.15) is 11.8 Å². The Hall–Kier alpha value is -4.41. The van der Waals surface area contributed by atoms with Crippen molar-refractivity contribution in [1.29, 1.82) is 0 Å². The van der Waals surface area contributed by atoms with Gasteiger partial charge in [-0.1, -0.05) is 42.5 Å². The Kier molecular flexibility index (Phi) is 7.80. The summed E-state index contributed by atoms with van der Waals surface area (Å²) in [6, 6.07) is 14.3. The van der Waals surface area contributed by atoms with E-state index < -0.39 is 24.1 Å². The minimum absolute atomic E-state index is 0.0841. The Bertz CT molecular complexity index is 1120. The molecule has 0 saturated carbocycles. The second-order valence-corrected chi connectivity index (χ2v) is 7.70. The minimum Gasteiger partial charge on any atom is -0.480 e. The fourth-order valence-corrected chi connectivity index (χ4v) is 2.99. The van der Waals surface area contributed by atoms with Gasteiger partial charge in [-0.15, -0.1) is 0 Å². The normalized spacial score (nSPS) is 12.3. The topological polar surface area (TPSA) is 150 Å². The summed E-state index contributed by atoms with van der Waals surface area (Å²) >= 11 is 0. The number of nitrogens with one attached hydrogen (secondary N) is 2. The van der Waals surface area contributed by atoms with Gasteiger partial charge in [0, 0.05) is 20.5 Å². The number of benzene rings is 2. The lowest BCUT2D eigenvalue weighted by molar-refractivity contribution is -0.137. The monoisotopic (exact) mass is 466 g/mol. The van der Waals surface area contributed by atoms with Gasteiger partial charge in [-0.25, -0.2) is 9.59 Å². The molecular formula is C23H26N6O5. The molecular weight excluding hydrogens is 440 g/mol. The largest absolute Gasteiger partial charge is 0.480 e. The highest BCUT2D eigenvalue weighted by Crippen LogP contribution is 2.20. The van der Waals surface area contributed by atoms with E-state index in [1.54, 1.807) is 38.4 Å². The van der Waals surface area contributed by atoms with Crippen molar-refractivity contribution in [3.8, 4) is 11.8 Å². The number of nitrogens with zero attached hydrogens (tertiary/aromatic N) is 4. The molecule has 0 saturated heterocycles. The second-order valence-electron chi connectivity index (χ2n) is 7.70. The lowest BCUT2D eigenvalue weighted by atomic mass is 10.1. The number of carboxylic acid groups (broad SMARTS) is 1. The Morgan fingerprint density at radius 2 is 1.59 bits per heavy atom. The first-order valence-corrected chi connectivity index (χ1v) is 10.4. The quantitative estimate of drug-likeness (QED) is 0.371. The van der Waals surface area contributed by atoms with Crippen molar-refractivity contribution in [3.63, 3.8) is 0 Å². The van der Waals surface area contributed by atoms with Crippen LogP contribution in [0, 0.1) is 0 Å². The van der Waals surface area contributed by atoms with Crippen LogP contribution in [0.1, 0.15) is 24.1 Å². The molecule has 1 unspecified atom stereocenters. The number of carboxylic acids is 1. The molecule has 0 aliphatic rings. The predicted octanol–water partition coefficient (Wildman–Crippen LogP) is 2.92. The Morgan fingerprint density at radius 3 is 2.18 bits per heavy atom. The summed E-state index contributed by atoms with van der Waals surface area (Å²) in [6.45, 7) is 1.91. The third-order valence-corrected chi connectivity index (χ3v) is 4.80. The van der Waals surface area contributed by atoms with Gasteiger partial charge in [0.2, 0.25) is 11.9 Å². The highest BCUT2D eigenvalue weighted by atomic mass is 16.6. The van der Waals surface area contributed by atoms with Crippen molar-refractivity contribution in [2.45, 2.75) is 25.4 Å². The van der Waals surface area contributed by atoms with Gasteiger partial charge in [0.05, 0.1) is 6.04 Å². The number of carbonyl (C=O) groups is 2. The van der Waals surface area contributed by atoms with Gasteiger partial charge >= 0.3 is 18.1 Å². The zero-order valence-electron chi connectivity index (χ0n) is 19.0. The van der Waals surface area contributed by atoms with Crippen molar-refractivity contribution in [3.05, 3.63) is 65.7 Å². The van der Waals surface area contributed by atoms with Crippen LogP contribution in [0.15, 0.2) is 54.6 Å². The van der Waals surface area contributed by atoms with Gasteiger partial charge in [0.15, 0.2) is 0 Å². The maximum absolute atomic E-state index is 11.8. The molecule has 0 radical (unpaired) electrons. The summed E-state index contributed by atoms with van der Waals surface area (Å²) in [4.78, 5) is 36.6. The summed E-state index contributed by atoms with van der Waals surface area (Å²) in [5, 5.41) is 25.4. The summed E-state index contributed by atoms with van der Waals surface area (Å²) in [5.41, 5.74) is 1.67. The van der Waals surface area contributed by atoms with E-state index in [9.17, 15) is 19.8 Å². The van der Waals surface area contributed by atoms with Crippen LogP contribution in [-0.2, 0) is 11.2 Å². The number of hydrogen-bond donors (Lipinski definition) is 4. The molecule has 0 aliphatic carbocycles. The highest BCUT2D eigenvalue weighted by Gasteiger charge is 2.21. The third kappa shape index (κ3) is 6.79. The standard InChI is InChI=1S/C23H26N6O5/c1-14(16-7-5-4-6-8-16)24-20-26-21(28-22(32)27-20)25-18(19(30)31)13-15-9-11-17(12-10-15)34-23(33)29(2)3/h4-12,14,18H,13H2,1-3H3,(H,30,31)(H3,24,25,26,27,28,32)/t14?,18-/m0/s1. The maximum atomic E-state index is 11.8. The third-order valence-electron chi connectivity index (χ3n) is 4.80. The Balaban J connectivity index is 1.69. The zero-order chi connectivity index (χ0) is 24.7. The fourth-order valence-electron chi connectivity index (χ4n) is 2.99. The van der Waals surface area contributed by atoms with E-state index in [0.717, 1.165) is 5.56 Å². The molecule has 0 spiro atoms. The first-order valence-electron chi connectivity index (χ1n) is 10.4. The van der Waals surface area contributed by atoms with Crippen LogP contribution in [0.2, 0.25) is 0 Å². The molecule has 34 heavy (non-hydrogen) atoms. The molecule has 178 valence electrons. The molecule has 1 aromatic heterocycles. The van der Waals surface area contributed by atoms with E-state index in [-0.39, 0.29) is 24.4 Å². The van der Waals surface area contributed by atoms with Crippen LogP contribution in [0.25, 0.3) is 0 Å². The number of aliphatic carboxylic acids is 1. The molecule has 2 atom stereocenters. The average molecular weight is 466 g/mol. The van der Waals surface area contributed by atoms with E-state index >= 15 is 0 Å². The van der Waals surface area contributed by atoms with Crippen molar-refractivity contribution in [2.24, 2.45) is 0 Å². The summed E-state index contributed by atoms with van der Waals surface area (Å²) in [7, 11) is 3.14. The van der Waals surface area contributed by atoms with Crippen LogP contribution in [0.4, 0.5) is 16.7 Å². The molecule has 2 aromatic carbocycles. The molecule has 1 amide bonds. The first-order chi connectivity index (χ1) is 16.2. The Labute approximate surface area is 196 Å². The number of aromatic nitrogens is 3. The van der Waals surface area contributed by atoms with Crippen molar-refractivity contribution < 1.29 is 24.5 Å². The Morgan fingerprint density at radius 1 is 0.971 bits per heavy atom. The number of anilines is 2. The fraction of sp³-hybridized carbons (Fsp3) is 0.261. The minimum atomic E-state index is -1.13. The number of ether oxygens (including phenoxy) is 1. The van der Waals surface area contributed by atoms with Crippen LogP contribution in [0.3, 0.4) is 0 Å². The number of hydrogen-bond acceptors (Lipinski definition) is 9. The molecule has 4 N–H and O–H groups in total. The van der Waals surface area contributed by atoms with Crippen LogP contribution < -0.4 is 15.4 Å². The molecule has 1 heterocycles. The van der Waals surface area contributed by atoms with Crippen LogP contribution in [0.5, 0.6) is 11.8 Å². The highest BCUT2D eigenvalue weighted by molar-refractivity contribution is 5.77. The van der Waals surface area contributed by atoms with Crippen molar-refractivity contribution >= 4 is 24.0 Å². The lowest BCUT2D eigenvalue weighted by Crippen LogP contribution is -2.32. The van der Waals surface area contributed by atoms with Crippen LogP contribution >= 0.6 is 0 Å². The average Bonchev–Trinajstić information content (AvgIpc) is 2.80. The molecule has 11 heteroatoms. The van der Waals surface area contributed by atoms with Crippen molar-refractivity contribution in [1.82, 2.24) is 19.9 Å². The summed E-state index contributed by atoms with van der Waals surface area (Å²) in [5.74, 6) is -0.773. The van der Waals surface area contributed by atoms with E-state index in [0.29, 0.717) is 11.3 Å². The zero-order valence-corrected chi connectivity index (χ0v) is 19.0. The SMILES string of the molecule is CC(Nc1nc(O)nc(N[C@@H](Cc2ccc(OC(=O)N(C)C)cc2)C(=O)O)n1)c1ccccc1.